The number of aromatic nitrogens is 1. The van der Waals surface area contributed by atoms with E-state index < -0.39 is 0 Å². The molecule has 0 saturated carbocycles. The van der Waals surface area contributed by atoms with E-state index in [-0.39, 0.29) is 11.9 Å². The summed E-state index contributed by atoms with van der Waals surface area (Å²) in [6, 6.07) is 14.1. The number of carbonyl (C=O) groups is 1. The van der Waals surface area contributed by atoms with Gasteiger partial charge in [-0.3, -0.25) is 9.78 Å². The Bertz CT molecular complexity index is 545. The van der Waals surface area contributed by atoms with Gasteiger partial charge in [0.05, 0.1) is 6.04 Å². The summed E-state index contributed by atoms with van der Waals surface area (Å²) in [7, 11) is 0. The Kier molecular flexibility index (Phi) is 6.28. The first-order chi connectivity index (χ1) is 10.3. The molecule has 3 nitrogen and oxygen atoms in total. The van der Waals surface area contributed by atoms with Crippen molar-refractivity contribution in [1.29, 1.82) is 0 Å². The minimum absolute atomic E-state index is 0.0751. The van der Waals surface area contributed by atoms with E-state index in [1.807, 2.05) is 30.3 Å². The normalized spacial score (nSPS) is 11.9. The molecular formula is C17H20N2OS. The lowest BCUT2D eigenvalue weighted by molar-refractivity contribution is -0.121. The molecule has 1 N–H and O–H groups in total. The minimum atomic E-state index is 0.0751. The van der Waals surface area contributed by atoms with E-state index in [2.05, 4.69) is 28.7 Å². The van der Waals surface area contributed by atoms with Gasteiger partial charge in [0.15, 0.2) is 0 Å². The van der Waals surface area contributed by atoms with Crippen molar-refractivity contribution < 1.29 is 4.79 Å². The van der Waals surface area contributed by atoms with Gasteiger partial charge in [0.25, 0.3) is 0 Å². The molecule has 0 radical (unpaired) electrons. The number of pyridine rings is 1. The maximum absolute atomic E-state index is 12.1. The van der Waals surface area contributed by atoms with Crippen molar-refractivity contribution in [3.63, 3.8) is 0 Å². The van der Waals surface area contributed by atoms with E-state index in [1.54, 1.807) is 24.2 Å². The summed E-state index contributed by atoms with van der Waals surface area (Å²) in [5.74, 6) is 0.972. The van der Waals surface area contributed by atoms with Crippen LogP contribution in [0, 0.1) is 0 Å². The smallest absolute Gasteiger partial charge is 0.220 e. The molecule has 2 aromatic rings. The third kappa shape index (κ3) is 5.23. The molecule has 0 saturated heterocycles. The molecule has 1 atom stereocenters. The summed E-state index contributed by atoms with van der Waals surface area (Å²) in [6.07, 6.45) is 6.82. The van der Waals surface area contributed by atoms with Crippen molar-refractivity contribution in [1.82, 2.24) is 10.3 Å². The van der Waals surface area contributed by atoms with Crippen LogP contribution in [-0.4, -0.2) is 22.9 Å². The Labute approximate surface area is 130 Å². The van der Waals surface area contributed by atoms with E-state index in [0.29, 0.717) is 6.42 Å². The predicted octanol–water partition coefficient (Wildman–Crippen LogP) is 3.23. The van der Waals surface area contributed by atoms with Crippen LogP contribution in [0.3, 0.4) is 0 Å². The van der Waals surface area contributed by atoms with Gasteiger partial charge in [-0.15, -0.1) is 0 Å². The third-order valence-electron chi connectivity index (χ3n) is 3.26. The number of aryl methyl sites for hydroxylation is 1. The molecule has 1 unspecified atom stereocenters. The predicted molar refractivity (Wildman–Crippen MR) is 88.3 cm³/mol. The first-order valence-electron chi connectivity index (χ1n) is 7.01. The lowest BCUT2D eigenvalue weighted by atomic mass is 10.1. The zero-order valence-corrected chi connectivity index (χ0v) is 13.0. The number of benzene rings is 1. The molecule has 2 rings (SSSR count). The first kappa shape index (κ1) is 15.6. The molecule has 0 aliphatic carbocycles. The fraction of sp³-hybridized carbons (Fsp3) is 0.294. The van der Waals surface area contributed by atoms with Crippen molar-refractivity contribution in [2.75, 3.05) is 12.0 Å². The Balaban J connectivity index is 1.89. The molecule has 0 aliphatic heterocycles. The summed E-state index contributed by atoms with van der Waals surface area (Å²) < 4.78 is 0. The highest BCUT2D eigenvalue weighted by atomic mass is 32.2. The van der Waals surface area contributed by atoms with Gasteiger partial charge in [0.1, 0.15) is 0 Å². The second-order valence-corrected chi connectivity index (χ2v) is 5.75. The summed E-state index contributed by atoms with van der Waals surface area (Å²) in [4.78, 5) is 16.1. The van der Waals surface area contributed by atoms with Gasteiger partial charge < -0.3 is 5.32 Å². The Morgan fingerprint density at radius 1 is 1.19 bits per heavy atom. The van der Waals surface area contributed by atoms with Crippen LogP contribution in [0.4, 0.5) is 0 Å². The second-order valence-electron chi connectivity index (χ2n) is 4.84. The standard InChI is InChI=1S/C17H20N2OS/c1-21-13-16(15-5-3-2-4-6-15)19-17(20)8-7-14-9-11-18-12-10-14/h2-6,9-12,16H,7-8,13H2,1H3,(H,19,20). The summed E-state index contributed by atoms with van der Waals surface area (Å²) >= 11 is 1.74. The number of amides is 1. The van der Waals surface area contributed by atoms with Crippen LogP contribution in [0.2, 0.25) is 0 Å². The Morgan fingerprint density at radius 3 is 2.57 bits per heavy atom. The monoisotopic (exact) mass is 300 g/mol. The Morgan fingerprint density at radius 2 is 1.90 bits per heavy atom. The zero-order chi connectivity index (χ0) is 14.9. The van der Waals surface area contributed by atoms with Crippen molar-refractivity contribution in [3.05, 3.63) is 66.0 Å². The van der Waals surface area contributed by atoms with Crippen LogP contribution in [0.25, 0.3) is 0 Å². The van der Waals surface area contributed by atoms with Crippen molar-refractivity contribution in [2.24, 2.45) is 0 Å². The molecule has 0 fully saturated rings. The van der Waals surface area contributed by atoms with Gasteiger partial charge in [-0.05, 0) is 35.9 Å². The van der Waals surface area contributed by atoms with E-state index >= 15 is 0 Å². The van der Waals surface area contributed by atoms with E-state index in [1.165, 1.54) is 0 Å². The SMILES string of the molecule is CSCC(NC(=O)CCc1ccncc1)c1ccccc1. The van der Waals surface area contributed by atoms with E-state index in [0.717, 1.165) is 23.3 Å². The van der Waals surface area contributed by atoms with Crippen LogP contribution < -0.4 is 5.32 Å². The van der Waals surface area contributed by atoms with Crippen LogP contribution in [-0.2, 0) is 11.2 Å². The number of rotatable bonds is 7. The highest BCUT2D eigenvalue weighted by Gasteiger charge is 2.13. The number of nitrogens with one attached hydrogen (secondary N) is 1. The molecule has 110 valence electrons. The van der Waals surface area contributed by atoms with Crippen LogP contribution in [0.5, 0.6) is 0 Å². The van der Waals surface area contributed by atoms with Crippen LogP contribution in [0.15, 0.2) is 54.9 Å². The van der Waals surface area contributed by atoms with E-state index in [4.69, 9.17) is 0 Å². The number of nitrogens with zero attached hydrogens (tertiary/aromatic N) is 1. The fourth-order valence-electron chi connectivity index (χ4n) is 2.15. The van der Waals surface area contributed by atoms with Gasteiger partial charge in [-0.25, -0.2) is 0 Å². The summed E-state index contributed by atoms with van der Waals surface area (Å²) in [6.45, 7) is 0. The fourth-order valence-corrected chi connectivity index (χ4v) is 2.76. The molecule has 1 amide bonds. The van der Waals surface area contributed by atoms with Crippen LogP contribution >= 0.6 is 11.8 Å². The van der Waals surface area contributed by atoms with Crippen molar-refractivity contribution in [3.8, 4) is 0 Å². The number of hydrogen-bond acceptors (Lipinski definition) is 3. The number of hydrogen-bond donors (Lipinski definition) is 1. The molecule has 21 heavy (non-hydrogen) atoms. The highest BCUT2D eigenvalue weighted by molar-refractivity contribution is 7.98. The average molecular weight is 300 g/mol. The van der Waals surface area contributed by atoms with Gasteiger partial charge in [0, 0.05) is 24.6 Å². The lowest BCUT2D eigenvalue weighted by Gasteiger charge is -2.18. The van der Waals surface area contributed by atoms with E-state index in [9.17, 15) is 4.79 Å². The summed E-state index contributed by atoms with van der Waals surface area (Å²) in [5, 5.41) is 3.13. The van der Waals surface area contributed by atoms with Crippen LogP contribution in [0.1, 0.15) is 23.6 Å². The minimum Gasteiger partial charge on any atom is -0.348 e. The molecule has 0 bridgehead atoms. The third-order valence-corrected chi connectivity index (χ3v) is 3.93. The molecular weight excluding hydrogens is 280 g/mol. The quantitative estimate of drug-likeness (QED) is 0.853. The molecule has 1 aromatic carbocycles. The van der Waals surface area contributed by atoms with Gasteiger partial charge in [-0.2, -0.15) is 11.8 Å². The molecule has 0 aliphatic rings. The van der Waals surface area contributed by atoms with Gasteiger partial charge >= 0.3 is 0 Å². The molecule has 4 heteroatoms. The molecule has 1 aromatic heterocycles. The maximum Gasteiger partial charge on any atom is 0.220 e. The van der Waals surface area contributed by atoms with Gasteiger partial charge in [-0.1, -0.05) is 30.3 Å². The molecule has 1 heterocycles. The Hall–Kier alpha value is -1.81. The van der Waals surface area contributed by atoms with Crippen molar-refractivity contribution >= 4 is 17.7 Å². The van der Waals surface area contributed by atoms with Gasteiger partial charge in [0.2, 0.25) is 5.91 Å². The first-order valence-corrected chi connectivity index (χ1v) is 8.41. The zero-order valence-electron chi connectivity index (χ0n) is 12.2. The molecule has 0 spiro atoms. The topological polar surface area (TPSA) is 42.0 Å². The second kappa shape index (κ2) is 8.47. The lowest BCUT2D eigenvalue weighted by Crippen LogP contribution is -2.30. The highest BCUT2D eigenvalue weighted by Crippen LogP contribution is 2.17. The average Bonchev–Trinajstić information content (AvgIpc) is 2.54. The number of thioether (sulfide) groups is 1. The summed E-state index contributed by atoms with van der Waals surface area (Å²) in [5.41, 5.74) is 2.30. The number of carbonyl (C=O) groups excluding carboxylic acids is 1. The van der Waals surface area contributed by atoms with Crippen molar-refractivity contribution in [2.45, 2.75) is 18.9 Å². The maximum atomic E-state index is 12.1. The largest absolute Gasteiger partial charge is 0.348 e.